The molecule has 1 aliphatic carbocycles. The van der Waals surface area contributed by atoms with Gasteiger partial charge in [-0.15, -0.1) is 0 Å². The maximum absolute atomic E-state index is 13.5. The smallest absolute Gasteiger partial charge is 0.123 e. The van der Waals surface area contributed by atoms with Crippen molar-refractivity contribution in [2.45, 2.75) is 30.7 Å². The summed E-state index contributed by atoms with van der Waals surface area (Å²) in [5, 5.41) is 3.42. The van der Waals surface area contributed by atoms with E-state index in [1.807, 2.05) is 19.2 Å². The Morgan fingerprint density at radius 1 is 1.05 bits per heavy atom. The minimum atomic E-state index is -0.162. The van der Waals surface area contributed by atoms with Crippen molar-refractivity contribution in [2.24, 2.45) is 0 Å². The van der Waals surface area contributed by atoms with Gasteiger partial charge in [-0.25, -0.2) is 4.39 Å². The molecule has 1 nitrogen and oxygen atoms in total. The summed E-state index contributed by atoms with van der Waals surface area (Å²) in [6, 6.07) is 17.8. The quantitative estimate of drug-likeness (QED) is 0.876. The van der Waals surface area contributed by atoms with Crippen molar-refractivity contribution in [3.63, 3.8) is 0 Å². The van der Waals surface area contributed by atoms with Gasteiger partial charge in [0.05, 0.1) is 0 Å². The number of halogens is 1. The van der Waals surface area contributed by atoms with E-state index in [9.17, 15) is 4.39 Å². The van der Waals surface area contributed by atoms with Gasteiger partial charge in [0.15, 0.2) is 0 Å². The van der Waals surface area contributed by atoms with E-state index in [1.54, 1.807) is 12.1 Å². The summed E-state index contributed by atoms with van der Waals surface area (Å²) in [4.78, 5) is 0. The molecule has 0 bridgehead atoms. The molecule has 2 heteroatoms. The summed E-state index contributed by atoms with van der Waals surface area (Å²) in [6.07, 6.45) is 3.54. The highest BCUT2D eigenvalue weighted by atomic mass is 19.1. The van der Waals surface area contributed by atoms with Crippen molar-refractivity contribution in [1.82, 2.24) is 5.32 Å². The van der Waals surface area contributed by atoms with Gasteiger partial charge in [-0.1, -0.05) is 48.9 Å². The second kappa shape index (κ2) is 5.37. The third-order valence-electron chi connectivity index (χ3n) is 4.62. The molecular formula is C18H20FN. The Morgan fingerprint density at radius 3 is 2.35 bits per heavy atom. The zero-order chi connectivity index (χ0) is 14.0. The Labute approximate surface area is 119 Å². The number of hydrogen-bond donors (Lipinski definition) is 1. The first-order valence-electron chi connectivity index (χ1n) is 7.24. The molecule has 0 aliphatic heterocycles. The van der Waals surface area contributed by atoms with Crippen LogP contribution in [0.3, 0.4) is 0 Å². The summed E-state index contributed by atoms with van der Waals surface area (Å²) >= 11 is 0. The largest absolute Gasteiger partial charge is 0.312 e. The minimum absolute atomic E-state index is 0.101. The van der Waals surface area contributed by atoms with E-state index in [0.29, 0.717) is 0 Å². The molecule has 20 heavy (non-hydrogen) atoms. The van der Waals surface area contributed by atoms with Gasteiger partial charge in [-0.3, -0.25) is 0 Å². The van der Waals surface area contributed by atoms with Crippen molar-refractivity contribution in [2.75, 3.05) is 7.05 Å². The van der Waals surface area contributed by atoms with Crippen LogP contribution < -0.4 is 5.32 Å². The number of benzene rings is 2. The van der Waals surface area contributed by atoms with Gasteiger partial charge in [0.2, 0.25) is 0 Å². The lowest BCUT2D eigenvalue weighted by Crippen LogP contribution is -2.45. The average Bonchev–Trinajstić information content (AvgIpc) is 2.43. The first-order valence-corrected chi connectivity index (χ1v) is 7.24. The van der Waals surface area contributed by atoms with Gasteiger partial charge in [0, 0.05) is 11.5 Å². The summed E-state index contributed by atoms with van der Waals surface area (Å²) in [5.74, 6) is -0.162. The molecular weight excluding hydrogens is 249 g/mol. The molecule has 1 N–H and O–H groups in total. The normalized spacial score (nSPS) is 18.3. The Bertz CT molecular complexity index is 575. The van der Waals surface area contributed by atoms with E-state index >= 15 is 0 Å². The molecule has 104 valence electrons. The van der Waals surface area contributed by atoms with Gasteiger partial charge in [0.1, 0.15) is 5.82 Å². The minimum Gasteiger partial charge on any atom is -0.312 e. The summed E-state index contributed by atoms with van der Waals surface area (Å²) in [6.45, 7) is 0. The lowest BCUT2D eigenvalue weighted by atomic mass is 9.59. The van der Waals surface area contributed by atoms with Crippen LogP contribution >= 0.6 is 0 Å². The summed E-state index contributed by atoms with van der Waals surface area (Å²) < 4.78 is 13.5. The molecule has 0 saturated heterocycles. The first kappa shape index (κ1) is 13.3. The zero-order valence-electron chi connectivity index (χ0n) is 11.8. The Balaban J connectivity index is 2.03. The first-order chi connectivity index (χ1) is 9.76. The predicted molar refractivity (Wildman–Crippen MR) is 80.2 cm³/mol. The van der Waals surface area contributed by atoms with Crippen molar-refractivity contribution in [1.29, 1.82) is 0 Å². The molecule has 2 aromatic rings. The molecule has 0 heterocycles. The van der Waals surface area contributed by atoms with Crippen LogP contribution in [0.4, 0.5) is 4.39 Å². The fourth-order valence-electron chi connectivity index (χ4n) is 3.52. The Morgan fingerprint density at radius 2 is 1.80 bits per heavy atom. The highest BCUT2D eigenvalue weighted by Crippen LogP contribution is 2.51. The third kappa shape index (κ3) is 2.14. The van der Waals surface area contributed by atoms with Crippen LogP contribution in [0.15, 0.2) is 54.6 Å². The maximum Gasteiger partial charge on any atom is 0.123 e. The monoisotopic (exact) mass is 269 g/mol. The van der Waals surface area contributed by atoms with E-state index in [2.05, 4.69) is 29.6 Å². The highest BCUT2D eigenvalue weighted by molar-refractivity contribution is 5.35. The van der Waals surface area contributed by atoms with Gasteiger partial charge >= 0.3 is 0 Å². The SMILES string of the molecule is CNC(c1cccc(F)c1)C1(c2ccccc2)CCC1. The lowest BCUT2D eigenvalue weighted by molar-refractivity contribution is 0.175. The van der Waals surface area contributed by atoms with E-state index in [-0.39, 0.29) is 17.3 Å². The van der Waals surface area contributed by atoms with E-state index in [4.69, 9.17) is 0 Å². The molecule has 3 rings (SSSR count). The van der Waals surface area contributed by atoms with Crippen molar-refractivity contribution in [3.05, 3.63) is 71.5 Å². The molecule has 1 atom stereocenters. The maximum atomic E-state index is 13.5. The molecule has 1 fully saturated rings. The van der Waals surface area contributed by atoms with E-state index in [0.717, 1.165) is 18.4 Å². The molecule has 0 aromatic heterocycles. The van der Waals surface area contributed by atoms with Crippen LogP contribution in [0.1, 0.15) is 36.4 Å². The third-order valence-corrected chi connectivity index (χ3v) is 4.62. The number of nitrogens with one attached hydrogen (secondary N) is 1. The standard InChI is InChI=1S/C18H20FN/c1-20-17(14-7-5-10-16(19)13-14)18(11-6-12-18)15-8-3-2-4-9-15/h2-5,7-10,13,17,20H,6,11-12H2,1H3. The van der Waals surface area contributed by atoms with Gasteiger partial charge in [-0.05, 0) is 43.1 Å². The molecule has 1 unspecified atom stereocenters. The average molecular weight is 269 g/mol. The second-order valence-electron chi connectivity index (χ2n) is 5.65. The fourth-order valence-corrected chi connectivity index (χ4v) is 3.52. The zero-order valence-corrected chi connectivity index (χ0v) is 11.8. The number of likely N-dealkylation sites (N-methyl/N-ethyl adjacent to an activating group) is 1. The topological polar surface area (TPSA) is 12.0 Å². The Hall–Kier alpha value is -1.67. The molecule has 0 amide bonds. The number of hydrogen-bond acceptors (Lipinski definition) is 1. The van der Waals surface area contributed by atoms with Crippen LogP contribution in [0.25, 0.3) is 0 Å². The Kier molecular flexibility index (Phi) is 3.58. The van der Waals surface area contributed by atoms with E-state index in [1.165, 1.54) is 18.1 Å². The van der Waals surface area contributed by atoms with Crippen LogP contribution in [0, 0.1) is 5.82 Å². The lowest BCUT2D eigenvalue weighted by Gasteiger charge is -2.48. The van der Waals surface area contributed by atoms with Crippen molar-refractivity contribution >= 4 is 0 Å². The van der Waals surface area contributed by atoms with Crippen LogP contribution in [0.5, 0.6) is 0 Å². The molecule has 0 spiro atoms. The van der Waals surface area contributed by atoms with Crippen LogP contribution in [-0.2, 0) is 5.41 Å². The fraction of sp³-hybridized carbons (Fsp3) is 0.333. The van der Waals surface area contributed by atoms with Crippen molar-refractivity contribution in [3.8, 4) is 0 Å². The van der Waals surface area contributed by atoms with Gasteiger partial charge in [-0.2, -0.15) is 0 Å². The molecule has 0 radical (unpaired) electrons. The number of rotatable bonds is 4. The second-order valence-corrected chi connectivity index (χ2v) is 5.65. The molecule has 1 saturated carbocycles. The highest BCUT2D eigenvalue weighted by Gasteiger charge is 2.45. The van der Waals surface area contributed by atoms with Crippen molar-refractivity contribution < 1.29 is 4.39 Å². The molecule has 1 aliphatic rings. The van der Waals surface area contributed by atoms with Gasteiger partial charge < -0.3 is 5.32 Å². The van der Waals surface area contributed by atoms with E-state index < -0.39 is 0 Å². The van der Waals surface area contributed by atoms with Crippen LogP contribution in [0.2, 0.25) is 0 Å². The van der Waals surface area contributed by atoms with Crippen LogP contribution in [-0.4, -0.2) is 7.05 Å². The summed E-state index contributed by atoms with van der Waals surface area (Å²) in [7, 11) is 1.97. The van der Waals surface area contributed by atoms with Gasteiger partial charge in [0.25, 0.3) is 0 Å². The summed E-state index contributed by atoms with van der Waals surface area (Å²) in [5.41, 5.74) is 2.50. The molecule has 2 aromatic carbocycles. The predicted octanol–water partition coefficient (Wildman–Crippen LogP) is 4.21.